The lowest BCUT2D eigenvalue weighted by Crippen LogP contribution is -2.31. The van der Waals surface area contributed by atoms with Crippen LogP contribution in [0.3, 0.4) is 0 Å². The first-order valence-electron chi connectivity index (χ1n) is 14.9. The predicted octanol–water partition coefficient (Wildman–Crippen LogP) is 7.39. The highest BCUT2D eigenvalue weighted by Crippen LogP contribution is 2.40. The van der Waals surface area contributed by atoms with Crippen LogP contribution >= 0.6 is 11.8 Å². The fraction of sp³-hybridized carbons (Fsp3) is 0.324. The molecule has 0 radical (unpaired) electrons. The van der Waals surface area contributed by atoms with Crippen LogP contribution in [-0.4, -0.2) is 40.1 Å². The van der Waals surface area contributed by atoms with Gasteiger partial charge in [0, 0.05) is 11.4 Å². The van der Waals surface area contributed by atoms with Crippen molar-refractivity contribution in [2.24, 2.45) is 0 Å². The summed E-state index contributed by atoms with van der Waals surface area (Å²) < 4.78 is 19.5. The van der Waals surface area contributed by atoms with Gasteiger partial charge in [0.1, 0.15) is 18.4 Å². The molecule has 10 heteroatoms. The molecule has 0 bridgehead atoms. The summed E-state index contributed by atoms with van der Waals surface area (Å²) in [6, 6.07) is 20.7. The number of nitrogens with one attached hydrogen (secondary N) is 2. The van der Waals surface area contributed by atoms with Crippen LogP contribution in [0.1, 0.15) is 56.3 Å². The number of methoxy groups -OCH3 is 1. The Morgan fingerprint density at radius 2 is 1.80 bits per heavy atom. The zero-order valence-electron chi connectivity index (χ0n) is 25.8. The van der Waals surface area contributed by atoms with Gasteiger partial charge in [-0.3, -0.25) is 4.79 Å². The van der Waals surface area contributed by atoms with Crippen LogP contribution in [0.2, 0.25) is 0 Å². The van der Waals surface area contributed by atoms with Crippen molar-refractivity contribution >= 4 is 29.3 Å². The highest BCUT2D eigenvalue weighted by atomic mass is 32.2. The number of para-hydroxylation sites is 2. The molecular formula is C34H39N5O4S. The van der Waals surface area contributed by atoms with E-state index in [1.165, 1.54) is 0 Å². The Bertz CT molecular complexity index is 1650. The molecule has 1 unspecified atom stereocenters. The molecule has 1 amide bonds. The van der Waals surface area contributed by atoms with E-state index in [2.05, 4.69) is 36.6 Å². The number of aromatic nitrogens is 3. The number of rotatable bonds is 13. The molecule has 2 heterocycles. The quantitative estimate of drug-likeness (QED) is 0.119. The van der Waals surface area contributed by atoms with Crippen LogP contribution in [0.15, 0.2) is 83.2 Å². The largest absolute Gasteiger partial charge is 0.493 e. The zero-order valence-corrected chi connectivity index (χ0v) is 26.7. The van der Waals surface area contributed by atoms with Crippen molar-refractivity contribution in [1.82, 2.24) is 14.8 Å². The number of nitrogens with zero attached hydrogens (tertiary/aromatic N) is 3. The van der Waals surface area contributed by atoms with Gasteiger partial charge >= 0.3 is 0 Å². The fourth-order valence-corrected chi connectivity index (χ4v) is 5.96. The first kappa shape index (κ1) is 31.0. The summed E-state index contributed by atoms with van der Waals surface area (Å²) >= 11 is 1.61. The summed E-state index contributed by atoms with van der Waals surface area (Å²) in [5.74, 6) is 3.01. The van der Waals surface area contributed by atoms with Gasteiger partial charge in [-0.05, 0) is 68.1 Å². The summed E-state index contributed by atoms with van der Waals surface area (Å²) in [5.41, 5.74) is 4.86. The van der Waals surface area contributed by atoms with Gasteiger partial charge in [-0.1, -0.05) is 67.6 Å². The smallest absolute Gasteiger partial charge is 0.255 e. The number of allylic oxidation sites excluding steroid dienone is 1. The Morgan fingerprint density at radius 3 is 2.57 bits per heavy atom. The molecule has 0 spiro atoms. The van der Waals surface area contributed by atoms with E-state index in [0.29, 0.717) is 58.5 Å². The second kappa shape index (κ2) is 14.4. The average molecular weight is 614 g/mol. The number of fused-ring (bicyclic) bond motifs is 1. The van der Waals surface area contributed by atoms with Crippen LogP contribution in [0.4, 0.5) is 11.6 Å². The number of anilines is 2. The van der Waals surface area contributed by atoms with E-state index in [-0.39, 0.29) is 5.91 Å². The molecule has 4 aromatic rings. The number of aryl methyl sites for hydroxylation is 1. The first-order valence-corrected chi connectivity index (χ1v) is 15.9. The second-order valence-corrected chi connectivity index (χ2v) is 11.5. The van der Waals surface area contributed by atoms with Gasteiger partial charge < -0.3 is 24.8 Å². The van der Waals surface area contributed by atoms with Gasteiger partial charge in [-0.2, -0.15) is 4.98 Å². The molecule has 2 N–H and O–H groups in total. The molecule has 230 valence electrons. The highest BCUT2D eigenvalue weighted by molar-refractivity contribution is 7.99. The Hall–Kier alpha value is -4.44. The van der Waals surface area contributed by atoms with Crippen LogP contribution in [0.25, 0.3) is 0 Å². The van der Waals surface area contributed by atoms with Gasteiger partial charge in [-0.15, -0.1) is 5.10 Å². The van der Waals surface area contributed by atoms with Crippen LogP contribution in [0, 0.1) is 6.92 Å². The molecule has 1 aromatic heterocycles. The van der Waals surface area contributed by atoms with Gasteiger partial charge in [0.05, 0.1) is 25.0 Å². The number of hydrogen-bond acceptors (Lipinski definition) is 8. The van der Waals surface area contributed by atoms with Crippen molar-refractivity contribution in [3.63, 3.8) is 0 Å². The number of benzene rings is 3. The number of carbonyl (C=O) groups excluding carboxylic acids is 1. The standard InChI is InChI=1S/C34H39N5O4S/c1-6-8-19-44-34-37-33-35-23(4)30(32(40)36-26-15-11-12-16-27(26)42-7-2)31(39(33)38-34)24-17-18-28(29(20-24)41-5)43-21-25-14-10-9-13-22(25)3/h9-18,20,31H,6-8,19,21H2,1-5H3,(H,36,40)(H,35,37,38). The minimum Gasteiger partial charge on any atom is -0.493 e. The minimum absolute atomic E-state index is 0.271. The van der Waals surface area contributed by atoms with Crippen molar-refractivity contribution in [3.8, 4) is 17.2 Å². The molecule has 0 saturated carbocycles. The van der Waals surface area contributed by atoms with Crippen molar-refractivity contribution in [3.05, 3.63) is 94.7 Å². The predicted molar refractivity (Wildman–Crippen MR) is 175 cm³/mol. The molecule has 0 fully saturated rings. The van der Waals surface area contributed by atoms with E-state index in [0.717, 1.165) is 35.3 Å². The van der Waals surface area contributed by atoms with E-state index in [1.54, 1.807) is 23.6 Å². The first-order chi connectivity index (χ1) is 21.4. The third-order valence-corrected chi connectivity index (χ3v) is 8.31. The van der Waals surface area contributed by atoms with Crippen molar-refractivity contribution in [1.29, 1.82) is 0 Å². The maximum atomic E-state index is 14.1. The third kappa shape index (κ3) is 6.86. The zero-order chi connectivity index (χ0) is 31.1. The van der Waals surface area contributed by atoms with Gasteiger partial charge in [-0.25, -0.2) is 4.68 Å². The lowest BCUT2D eigenvalue weighted by atomic mass is 9.94. The Kier molecular flexibility index (Phi) is 10.1. The van der Waals surface area contributed by atoms with E-state index in [4.69, 9.17) is 24.3 Å². The van der Waals surface area contributed by atoms with Crippen molar-refractivity contribution in [2.75, 3.05) is 30.1 Å². The summed E-state index contributed by atoms with van der Waals surface area (Å²) in [6.07, 6.45) is 2.16. The van der Waals surface area contributed by atoms with Crippen molar-refractivity contribution < 1.29 is 19.0 Å². The fourth-order valence-electron chi connectivity index (χ4n) is 5.04. The van der Waals surface area contributed by atoms with E-state index in [1.807, 2.05) is 68.4 Å². The maximum Gasteiger partial charge on any atom is 0.255 e. The highest BCUT2D eigenvalue weighted by Gasteiger charge is 2.35. The van der Waals surface area contributed by atoms with Gasteiger partial charge in [0.2, 0.25) is 11.1 Å². The molecule has 1 atom stereocenters. The summed E-state index contributed by atoms with van der Waals surface area (Å²) in [7, 11) is 1.62. The summed E-state index contributed by atoms with van der Waals surface area (Å²) in [5, 5.41) is 11.9. The monoisotopic (exact) mass is 613 g/mol. The molecule has 5 rings (SSSR count). The SMILES string of the molecule is CCCCSc1nc2n(n1)C(c1ccc(OCc3ccccc3C)c(OC)c1)C(C(=O)Nc1ccccc1OCC)=C(C)N2. The van der Waals surface area contributed by atoms with E-state index in [9.17, 15) is 4.79 Å². The molecule has 3 aromatic carbocycles. The number of unbranched alkanes of at least 4 members (excludes halogenated alkanes) is 1. The second-order valence-electron chi connectivity index (χ2n) is 10.4. The molecule has 44 heavy (non-hydrogen) atoms. The Morgan fingerprint density at radius 1 is 1.00 bits per heavy atom. The van der Waals surface area contributed by atoms with Crippen LogP contribution in [0.5, 0.6) is 17.2 Å². The molecular weight excluding hydrogens is 574 g/mol. The average Bonchev–Trinajstić information content (AvgIpc) is 3.43. The number of thioether (sulfide) groups is 1. The minimum atomic E-state index is -0.571. The Labute approximate surface area is 263 Å². The van der Waals surface area contributed by atoms with E-state index >= 15 is 0 Å². The maximum absolute atomic E-state index is 14.1. The number of amides is 1. The Balaban J connectivity index is 1.51. The van der Waals surface area contributed by atoms with Crippen LogP contribution in [-0.2, 0) is 11.4 Å². The summed E-state index contributed by atoms with van der Waals surface area (Å²) in [4.78, 5) is 18.8. The van der Waals surface area contributed by atoms with Gasteiger partial charge in [0.25, 0.3) is 5.91 Å². The van der Waals surface area contributed by atoms with Crippen molar-refractivity contribution in [2.45, 2.75) is 58.3 Å². The number of hydrogen-bond donors (Lipinski definition) is 2. The van der Waals surface area contributed by atoms with E-state index < -0.39 is 6.04 Å². The molecule has 9 nitrogen and oxygen atoms in total. The number of ether oxygens (including phenoxy) is 3. The third-order valence-electron chi connectivity index (χ3n) is 7.39. The molecule has 0 aliphatic carbocycles. The lowest BCUT2D eigenvalue weighted by Gasteiger charge is -2.29. The summed E-state index contributed by atoms with van der Waals surface area (Å²) in [6.45, 7) is 8.92. The normalized spacial score (nSPS) is 14.1. The lowest BCUT2D eigenvalue weighted by molar-refractivity contribution is -0.113. The number of carbonyl (C=O) groups is 1. The topological polar surface area (TPSA) is 99.5 Å². The van der Waals surface area contributed by atoms with Crippen LogP contribution < -0.4 is 24.8 Å². The molecule has 0 saturated heterocycles. The van der Waals surface area contributed by atoms with Gasteiger partial charge in [0.15, 0.2) is 11.5 Å². The molecule has 1 aliphatic rings. The molecule has 1 aliphatic heterocycles.